The molecule has 0 spiro atoms. The molecule has 2 fully saturated rings. The molecule has 8 heteroatoms. The van der Waals surface area contributed by atoms with Crippen molar-refractivity contribution < 1.29 is 17.9 Å². The van der Waals surface area contributed by atoms with Crippen LogP contribution in [-0.4, -0.2) is 62.9 Å². The molecule has 0 saturated carbocycles. The number of benzene rings is 3. The van der Waals surface area contributed by atoms with Crippen LogP contribution >= 0.6 is 0 Å². The van der Waals surface area contributed by atoms with Crippen LogP contribution in [0.3, 0.4) is 0 Å². The minimum absolute atomic E-state index is 0.145. The zero-order valence-electron chi connectivity index (χ0n) is 19.0. The maximum Gasteiger partial charge on any atom is 0.243 e. The van der Waals surface area contributed by atoms with Crippen molar-refractivity contribution in [3.05, 3.63) is 72.3 Å². The van der Waals surface area contributed by atoms with Crippen molar-refractivity contribution in [1.29, 1.82) is 0 Å². The number of fused-ring (bicyclic) bond motifs is 1. The number of nitrogens with zero attached hydrogens (tertiary/aromatic N) is 2. The lowest BCUT2D eigenvalue weighted by Crippen LogP contribution is -2.40. The van der Waals surface area contributed by atoms with Crippen molar-refractivity contribution in [1.82, 2.24) is 9.21 Å². The molecule has 2 aliphatic rings. The van der Waals surface area contributed by atoms with Crippen LogP contribution in [0.1, 0.15) is 24.4 Å². The van der Waals surface area contributed by atoms with Crippen LogP contribution in [0, 0.1) is 0 Å². The molecule has 34 heavy (non-hydrogen) atoms. The van der Waals surface area contributed by atoms with Crippen LogP contribution in [0.2, 0.25) is 0 Å². The molecule has 3 aromatic rings. The molecule has 0 bridgehead atoms. The summed E-state index contributed by atoms with van der Waals surface area (Å²) in [5.41, 5.74) is 1.74. The van der Waals surface area contributed by atoms with Gasteiger partial charge in [-0.15, -0.1) is 0 Å². The van der Waals surface area contributed by atoms with Crippen LogP contribution < -0.4 is 5.32 Å². The van der Waals surface area contributed by atoms with Crippen molar-refractivity contribution in [3.63, 3.8) is 0 Å². The standard InChI is InChI=1S/C26H29N3O4S/c30-26(27-21-8-4-9-22(18-21)34(31,32)29-14-16-33-17-15-29)19-28-13-5-12-25(28)24-11-3-7-20-6-1-2-10-23(20)24/h1-4,6-11,18,25H,5,12-17,19H2,(H,27,30). The van der Waals surface area contributed by atoms with Gasteiger partial charge in [-0.05, 0) is 53.9 Å². The van der Waals surface area contributed by atoms with Crippen molar-refractivity contribution in [3.8, 4) is 0 Å². The Labute approximate surface area is 200 Å². The first-order valence-corrected chi connectivity index (χ1v) is 13.2. The molecule has 5 rings (SSSR count). The molecule has 0 aromatic heterocycles. The molecule has 2 aliphatic heterocycles. The Morgan fingerprint density at radius 3 is 2.59 bits per heavy atom. The highest BCUT2D eigenvalue weighted by Gasteiger charge is 2.29. The normalized spacial score (nSPS) is 19.9. The molecule has 1 unspecified atom stereocenters. The molecule has 1 amide bonds. The number of rotatable bonds is 6. The van der Waals surface area contributed by atoms with Crippen LogP contribution in [0.4, 0.5) is 5.69 Å². The zero-order chi connectivity index (χ0) is 23.5. The lowest BCUT2D eigenvalue weighted by molar-refractivity contribution is -0.117. The quantitative estimate of drug-likeness (QED) is 0.584. The maximum absolute atomic E-state index is 13.0. The summed E-state index contributed by atoms with van der Waals surface area (Å²) < 4.78 is 32.6. The number of sulfonamides is 1. The van der Waals surface area contributed by atoms with Crippen molar-refractivity contribution in [2.75, 3.05) is 44.7 Å². The Hall–Kier alpha value is -2.78. The zero-order valence-corrected chi connectivity index (χ0v) is 19.8. The first kappa shape index (κ1) is 23.0. The summed E-state index contributed by atoms with van der Waals surface area (Å²) in [7, 11) is -3.62. The Bertz CT molecular complexity index is 1280. The van der Waals surface area contributed by atoms with E-state index in [2.05, 4.69) is 46.6 Å². The predicted octanol–water partition coefficient (Wildman–Crippen LogP) is 3.64. The van der Waals surface area contributed by atoms with E-state index < -0.39 is 10.0 Å². The largest absolute Gasteiger partial charge is 0.379 e. The number of hydrogen-bond acceptors (Lipinski definition) is 5. The molecule has 2 heterocycles. The number of nitrogens with one attached hydrogen (secondary N) is 1. The molecular weight excluding hydrogens is 450 g/mol. The monoisotopic (exact) mass is 479 g/mol. The summed E-state index contributed by atoms with van der Waals surface area (Å²) in [5.74, 6) is -0.145. The third kappa shape index (κ3) is 4.72. The lowest BCUT2D eigenvalue weighted by atomic mass is 9.97. The van der Waals surface area contributed by atoms with Gasteiger partial charge >= 0.3 is 0 Å². The van der Waals surface area contributed by atoms with E-state index in [0.717, 1.165) is 19.4 Å². The molecular formula is C26H29N3O4S. The highest BCUT2D eigenvalue weighted by Crippen LogP contribution is 2.35. The van der Waals surface area contributed by atoms with Crippen molar-refractivity contribution in [2.45, 2.75) is 23.8 Å². The number of anilines is 1. The summed E-state index contributed by atoms with van der Waals surface area (Å²) in [5, 5.41) is 5.33. The van der Waals surface area contributed by atoms with E-state index in [0.29, 0.717) is 32.0 Å². The molecule has 1 atom stereocenters. The smallest absolute Gasteiger partial charge is 0.243 e. The second-order valence-corrected chi connectivity index (χ2v) is 10.7. The van der Waals surface area contributed by atoms with Gasteiger partial charge in [0, 0.05) is 24.8 Å². The van der Waals surface area contributed by atoms with Gasteiger partial charge < -0.3 is 10.1 Å². The van der Waals surface area contributed by atoms with Crippen LogP contribution in [0.15, 0.2) is 71.6 Å². The van der Waals surface area contributed by atoms with Crippen LogP contribution in [-0.2, 0) is 19.6 Å². The van der Waals surface area contributed by atoms with E-state index in [9.17, 15) is 13.2 Å². The molecule has 0 radical (unpaired) electrons. The Kier molecular flexibility index (Phi) is 6.65. The van der Waals surface area contributed by atoms with Gasteiger partial charge in [-0.3, -0.25) is 9.69 Å². The Morgan fingerprint density at radius 2 is 1.74 bits per heavy atom. The number of carbonyl (C=O) groups excluding carboxylic acids is 1. The number of carbonyl (C=O) groups is 1. The Balaban J connectivity index is 1.29. The van der Waals surface area contributed by atoms with E-state index in [1.165, 1.54) is 26.7 Å². The average molecular weight is 480 g/mol. The topological polar surface area (TPSA) is 79.0 Å². The fourth-order valence-electron chi connectivity index (χ4n) is 4.96. The SMILES string of the molecule is O=C(CN1CCCC1c1cccc2ccccc12)Nc1cccc(S(=O)(=O)N2CCOCC2)c1. The van der Waals surface area contributed by atoms with Gasteiger partial charge in [0.1, 0.15) is 0 Å². The minimum atomic E-state index is -3.62. The summed E-state index contributed by atoms with van der Waals surface area (Å²) in [6.45, 7) is 2.57. The molecule has 2 saturated heterocycles. The first-order valence-electron chi connectivity index (χ1n) is 11.7. The van der Waals surface area contributed by atoms with Gasteiger partial charge in [0.2, 0.25) is 15.9 Å². The van der Waals surface area contributed by atoms with E-state index in [1.54, 1.807) is 18.2 Å². The number of hydrogen-bond donors (Lipinski definition) is 1. The molecule has 7 nitrogen and oxygen atoms in total. The van der Waals surface area contributed by atoms with E-state index in [4.69, 9.17) is 4.74 Å². The third-order valence-corrected chi connectivity index (χ3v) is 8.51. The molecule has 178 valence electrons. The number of likely N-dealkylation sites (tertiary alicyclic amines) is 1. The second kappa shape index (κ2) is 9.84. The lowest BCUT2D eigenvalue weighted by Gasteiger charge is -2.26. The van der Waals surface area contributed by atoms with E-state index in [-0.39, 0.29) is 23.4 Å². The van der Waals surface area contributed by atoms with Crippen LogP contribution in [0.25, 0.3) is 10.8 Å². The summed E-state index contributed by atoms with van der Waals surface area (Å²) in [4.78, 5) is 15.3. The fraction of sp³-hybridized carbons (Fsp3) is 0.346. The summed E-state index contributed by atoms with van der Waals surface area (Å²) in [6, 6.07) is 21.4. The first-order chi connectivity index (χ1) is 16.5. The highest BCUT2D eigenvalue weighted by molar-refractivity contribution is 7.89. The van der Waals surface area contributed by atoms with Gasteiger partial charge in [-0.25, -0.2) is 8.42 Å². The Morgan fingerprint density at radius 1 is 0.971 bits per heavy atom. The van der Waals surface area contributed by atoms with Crippen molar-refractivity contribution in [2.24, 2.45) is 0 Å². The van der Waals surface area contributed by atoms with Gasteiger partial charge in [0.25, 0.3) is 0 Å². The fourth-order valence-corrected chi connectivity index (χ4v) is 6.42. The van der Waals surface area contributed by atoms with Gasteiger partial charge in [-0.1, -0.05) is 48.5 Å². The average Bonchev–Trinajstić information content (AvgIpc) is 3.32. The third-order valence-electron chi connectivity index (χ3n) is 6.62. The molecule has 1 N–H and O–H groups in total. The summed E-state index contributed by atoms with van der Waals surface area (Å²) >= 11 is 0. The molecule has 3 aromatic carbocycles. The minimum Gasteiger partial charge on any atom is -0.379 e. The number of ether oxygens (including phenoxy) is 1. The number of morpholine rings is 1. The maximum atomic E-state index is 13.0. The number of amides is 1. The van der Waals surface area contributed by atoms with E-state index in [1.807, 2.05) is 6.07 Å². The van der Waals surface area contributed by atoms with Gasteiger partial charge in [-0.2, -0.15) is 4.31 Å². The van der Waals surface area contributed by atoms with Gasteiger partial charge in [0.15, 0.2) is 0 Å². The van der Waals surface area contributed by atoms with E-state index >= 15 is 0 Å². The highest BCUT2D eigenvalue weighted by atomic mass is 32.2. The predicted molar refractivity (Wildman–Crippen MR) is 132 cm³/mol. The summed E-state index contributed by atoms with van der Waals surface area (Å²) in [6.07, 6.45) is 2.04. The van der Waals surface area contributed by atoms with Crippen LogP contribution in [0.5, 0.6) is 0 Å². The van der Waals surface area contributed by atoms with Crippen molar-refractivity contribution >= 4 is 32.4 Å². The second-order valence-electron chi connectivity index (χ2n) is 8.79. The molecule has 0 aliphatic carbocycles. The van der Waals surface area contributed by atoms with Gasteiger partial charge in [0.05, 0.1) is 24.7 Å².